The van der Waals surface area contributed by atoms with E-state index in [2.05, 4.69) is 15.5 Å². The Labute approximate surface area is 157 Å². The fourth-order valence-corrected chi connectivity index (χ4v) is 3.48. The van der Waals surface area contributed by atoms with Gasteiger partial charge in [-0.25, -0.2) is 0 Å². The van der Waals surface area contributed by atoms with Crippen molar-refractivity contribution >= 4 is 23.4 Å². The number of benzene rings is 1. The average molecular weight is 370 g/mol. The average Bonchev–Trinajstić information content (AvgIpc) is 3.22. The zero-order chi connectivity index (χ0) is 18.7. The third-order valence-electron chi connectivity index (χ3n) is 4.10. The minimum Gasteiger partial charge on any atom is -0.469 e. The lowest BCUT2D eigenvalue weighted by molar-refractivity contribution is -0.115. The summed E-state index contributed by atoms with van der Waals surface area (Å²) in [5.41, 5.74) is 2.87. The topological polar surface area (TPSA) is 73.0 Å². The molecule has 2 heterocycles. The van der Waals surface area contributed by atoms with Crippen molar-refractivity contribution in [3.63, 3.8) is 0 Å². The van der Waals surface area contributed by atoms with Crippen molar-refractivity contribution in [2.45, 2.75) is 44.6 Å². The molecule has 1 atom stereocenters. The molecule has 3 rings (SSSR count). The van der Waals surface area contributed by atoms with E-state index in [-0.39, 0.29) is 11.2 Å². The van der Waals surface area contributed by atoms with Gasteiger partial charge in [0.1, 0.15) is 5.76 Å². The van der Waals surface area contributed by atoms with Gasteiger partial charge in [-0.15, -0.1) is 10.2 Å². The molecule has 0 bridgehead atoms. The van der Waals surface area contributed by atoms with Crippen LogP contribution in [-0.4, -0.2) is 25.9 Å². The van der Waals surface area contributed by atoms with Crippen LogP contribution in [0.1, 0.15) is 25.2 Å². The Morgan fingerprint density at radius 1 is 1.23 bits per heavy atom. The summed E-state index contributed by atoms with van der Waals surface area (Å²) in [5, 5.41) is 11.9. The molecular formula is C19H22N4O2S. The molecule has 136 valence electrons. The summed E-state index contributed by atoms with van der Waals surface area (Å²) in [6.07, 6.45) is 1.64. The van der Waals surface area contributed by atoms with Crippen LogP contribution in [-0.2, 0) is 11.3 Å². The van der Waals surface area contributed by atoms with Crippen LogP contribution in [0.2, 0.25) is 0 Å². The second kappa shape index (κ2) is 7.78. The number of thioether (sulfide) groups is 1. The van der Waals surface area contributed by atoms with Gasteiger partial charge in [-0.05, 0) is 45.9 Å². The molecule has 0 spiro atoms. The Hall–Kier alpha value is -2.54. The van der Waals surface area contributed by atoms with Gasteiger partial charge < -0.3 is 14.3 Å². The molecule has 1 aromatic carbocycles. The zero-order valence-electron chi connectivity index (χ0n) is 15.3. The Balaban J connectivity index is 1.74. The van der Waals surface area contributed by atoms with Gasteiger partial charge in [0.25, 0.3) is 0 Å². The summed E-state index contributed by atoms with van der Waals surface area (Å²) in [4.78, 5) is 12.5. The molecule has 0 aliphatic rings. The Morgan fingerprint density at radius 2 is 1.96 bits per heavy atom. The van der Waals surface area contributed by atoms with E-state index < -0.39 is 0 Å². The highest BCUT2D eigenvalue weighted by molar-refractivity contribution is 8.00. The van der Waals surface area contributed by atoms with Crippen molar-refractivity contribution in [2.75, 3.05) is 5.32 Å². The summed E-state index contributed by atoms with van der Waals surface area (Å²) in [6.45, 7) is 8.52. The molecule has 0 aliphatic carbocycles. The molecule has 0 saturated heterocycles. The summed E-state index contributed by atoms with van der Waals surface area (Å²) >= 11 is 1.40. The van der Waals surface area contributed by atoms with E-state index in [9.17, 15) is 4.79 Å². The van der Waals surface area contributed by atoms with Crippen molar-refractivity contribution in [2.24, 2.45) is 0 Å². The maximum Gasteiger partial charge on any atom is 0.237 e. The summed E-state index contributed by atoms with van der Waals surface area (Å²) in [5.74, 6) is 1.49. The van der Waals surface area contributed by atoms with Gasteiger partial charge in [-0.1, -0.05) is 29.5 Å². The van der Waals surface area contributed by atoms with Crippen LogP contribution in [0.15, 0.2) is 46.2 Å². The fraction of sp³-hybridized carbons (Fsp3) is 0.316. The molecule has 0 aliphatic heterocycles. The maximum absolute atomic E-state index is 12.5. The van der Waals surface area contributed by atoms with Crippen LogP contribution >= 0.6 is 11.8 Å². The molecule has 0 radical (unpaired) electrons. The highest BCUT2D eigenvalue weighted by Gasteiger charge is 2.21. The van der Waals surface area contributed by atoms with Gasteiger partial charge >= 0.3 is 0 Å². The lowest BCUT2D eigenvalue weighted by Crippen LogP contribution is -2.22. The number of anilines is 1. The van der Waals surface area contributed by atoms with E-state index in [1.54, 1.807) is 6.26 Å². The first-order valence-electron chi connectivity index (χ1n) is 8.51. The van der Waals surface area contributed by atoms with Gasteiger partial charge in [-0.2, -0.15) is 0 Å². The van der Waals surface area contributed by atoms with E-state index in [1.807, 2.05) is 62.6 Å². The number of nitrogens with one attached hydrogen (secondary N) is 1. The number of hydrogen-bond acceptors (Lipinski definition) is 5. The standard InChI is InChI=1S/C19H22N4O2S/c1-5-23-17(16-10-11-25-13(16)3)21-22-19(23)26-14(4)18(24)20-15-8-6-12(2)7-9-15/h6-11,14H,5H2,1-4H3,(H,20,24)/t14-/m1/s1. The molecule has 3 aromatic rings. The highest BCUT2D eigenvalue weighted by Crippen LogP contribution is 2.29. The maximum atomic E-state index is 12.5. The lowest BCUT2D eigenvalue weighted by atomic mass is 10.2. The van der Waals surface area contributed by atoms with E-state index in [4.69, 9.17) is 4.42 Å². The second-order valence-corrected chi connectivity index (χ2v) is 7.36. The van der Waals surface area contributed by atoms with Crippen molar-refractivity contribution in [1.82, 2.24) is 14.8 Å². The number of carbonyl (C=O) groups is 1. The molecule has 6 nitrogen and oxygen atoms in total. The largest absolute Gasteiger partial charge is 0.469 e. The van der Waals surface area contributed by atoms with Gasteiger partial charge in [0, 0.05) is 12.2 Å². The molecule has 2 aromatic heterocycles. The van der Waals surface area contributed by atoms with Gasteiger partial charge in [0.15, 0.2) is 11.0 Å². The summed E-state index contributed by atoms with van der Waals surface area (Å²) in [6, 6.07) is 9.63. The molecule has 26 heavy (non-hydrogen) atoms. The number of hydrogen-bond donors (Lipinski definition) is 1. The molecule has 1 N–H and O–H groups in total. The van der Waals surface area contributed by atoms with Crippen LogP contribution in [0.3, 0.4) is 0 Å². The molecule has 7 heteroatoms. The zero-order valence-corrected chi connectivity index (χ0v) is 16.1. The van der Waals surface area contributed by atoms with Crippen LogP contribution < -0.4 is 5.32 Å². The SMILES string of the molecule is CCn1c(S[C@H](C)C(=O)Nc2ccc(C)cc2)nnc1-c1ccoc1C. The molecule has 1 amide bonds. The predicted molar refractivity (Wildman–Crippen MR) is 103 cm³/mol. The monoisotopic (exact) mass is 370 g/mol. The first kappa shape index (κ1) is 18.3. The highest BCUT2D eigenvalue weighted by atomic mass is 32.2. The molecular weight excluding hydrogens is 348 g/mol. The number of rotatable bonds is 6. The normalized spacial score (nSPS) is 12.2. The number of carbonyl (C=O) groups excluding carboxylic acids is 1. The Morgan fingerprint density at radius 3 is 2.58 bits per heavy atom. The molecule has 0 saturated carbocycles. The number of nitrogens with zero attached hydrogens (tertiary/aromatic N) is 3. The van der Waals surface area contributed by atoms with Gasteiger partial charge in [-0.3, -0.25) is 4.79 Å². The van der Waals surface area contributed by atoms with Crippen molar-refractivity contribution in [3.8, 4) is 11.4 Å². The van der Waals surface area contributed by atoms with Crippen molar-refractivity contribution in [3.05, 3.63) is 47.9 Å². The van der Waals surface area contributed by atoms with Crippen LogP contribution in [0.4, 0.5) is 5.69 Å². The Kier molecular flexibility index (Phi) is 5.46. The quantitative estimate of drug-likeness (QED) is 0.655. The smallest absolute Gasteiger partial charge is 0.237 e. The Bertz CT molecular complexity index is 899. The van der Waals surface area contributed by atoms with Crippen LogP contribution in [0.5, 0.6) is 0 Å². The third kappa shape index (κ3) is 3.83. The first-order valence-corrected chi connectivity index (χ1v) is 9.39. The predicted octanol–water partition coefficient (Wildman–Crippen LogP) is 4.29. The number of aryl methyl sites for hydroxylation is 2. The summed E-state index contributed by atoms with van der Waals surface area (Å²) < 4.78 is 7.37. The lowest BCUT2D eigenvalue weighted by Gasteiger charge is -2.13. The number of aromatic nitrogens is 3. The van der Waals surface area contributed by atoms with Crippen molar-refractivity contribution < 1.29 is 9.21 Å². The molecule has 0 unspecified atom stereocenters. The van der Waals surface area contributed by atoms with Gasteiger partial charge in [0.05, 0.1) is 17.1 Å². The van der Waals surface area contributed by atoms with E-state index in [0.717, 1.165) is 33.6 Å². The van der Waals surface area contributed by atoms with Crippen LogP contribution in [0, 0.1) is 13.8 Å². The second-order valence-electron chi connectivity index (χ2n) is 6.06. The minimum absolute atomic E-state index is 0.0643. The van der Waals surface area contributed by atoms with Crippen molar-refractivity contribution in [1.29, 1.82) is 0 Å². The summed E-state index contributed by atoms with van der Waals surface area (Å²) in [7, 11) is 0. The van der Waals surface area contributed by atoms with Crippen LogP contribution in [0.25, 0.3) is 11.4 Å². The third-order valence-corrected chi connectivity index (χ3v) is 5.18. The molecule has 0 fully saturated rings. The minimum atomic E-state index is -0.302. The van der Waals surface area contributed by atoms with E-state index in [0.29, 0.717) is 6.54 Å². The van der Waals surface area contributed by atoms with E-state index >= 15 is 0 Å². The number of amides is 1. The van der Waals surface area contributed by atoms with Gasteiger partial charge in [0.2, 0.25) is 5.91 Å². The first-order chi connectivity index (χ1) is 12.5. The van der Waals surface area contributed by atoms with E-state index in [1.165, 1.54) is 11.8 Å². The number of furan rings is 1. The fourth-order valence-electron chi connectivity index (χ4n) is 2.57.